The fourth-order valence-corrected chi connectivity index (χ4v) is 2.08. The van der Waals surface area contributed by atoms with Crippen LogP contribution in [0.5, 0.6) is 0 Å². The van der Waals surface area contributed by atoms with Crippen LogP contribution in [0.1, 0.15) is 26.3 Å². The Bertz CT molecular complexity index is 623. The van der Waals surface area contributed by atoms with E-state index in [9.17, 15) is 19.2 Å². The lowest BCUT2D eigenvalue weighted by molar-refractivity contribution is -0.144. The predicted molar refractivity (Wildman–Crippen MR) is 78.0 cm³/mol. The van der Waals surface area contributed by atoms with Gasteiger partial charge in [-0.25, -0.2) is 4.79 Å². The number of aromatic nitrogens is 1. The monoisotopic (exact) mass is 309 g/mol. The number of nitrogens with one attached hydrogen (secondary N) is 1. The molecule has 1 aromatic rings. The van der Waals surface area contributed by atoms with E-state index in [0.717, 1.165) is 0 Å². The number of carboxylic acids is 1. The SMILES string of the molecule is CC(C)C(C(=O)NC(CC(N)=O)C(=O)O)n1ccccc1=O. The summed E-state index contributed by atoms with van der Waals surface area (Å²) in [5.74, 6) is -3.12. The molecule has 8 heteroatoms. The van der Waals surface area contributed by atoms with E-state index in [1.54, 1.807) is 26.0 Å². The fraction of sp³-hybridized carbons (Fsp3) is 0.429. The Balaban J connectivity index is 3.04. The first-order valence-corrected chi connectivity index (χ1v) is 6.72. The zero-order chi connectivity index (χ0) is 16.9. The van der Waals surface area contributed by atoms with Gasteiger partial charge >= 0.3 is 5.97 Å². The average Bonchev–Trinajstić information content (AvgIpc) is 2.39. The van der Waals surface area contributed by atoms with Crippen molar-refractivity contribution in [3.63, 3.8) is 0 Å². The first kappa shape index (κ1) is 17.4. The van der Waals surface area contributed by atoms with Crippen molar-refractivity contribution in [2.75, 3.05) is 0 Å². The molecule has 0 radical (unpaired) electrons. The number of carbonyl (C=O) groups is 3. The van der Waals surface area contributed by atoms with Gasteiger partial charge in [0.25, 0.3) is 5.56 Å². The quantitative estimate of drug-likeness (QED) is 0.624. The molecule has 0 aliphatic heterocycles. The molecule has 0 fully saturated rings. The molecule has 0 saturated carbocycles. The molecule has 2 unspecified atom stereocenters. The van der Waals surface area contributed by atoms with Gasteiger partial charge in [0.05, 0.1) is 6.42 Å². The maximum atomic E-state index is 12.3. The molecule has 2 atom stereocenters. The molecule has 0 aliphatic rings. The first-order chi connectivity index (χ1) is 10.2. The minimum Gasteiger partial charge on any atom is -0.480 e. The Labute approximate surface area is 126 Å². The molecule has 1 heterocycles. The molecule has 0 bridgehead atoms. The van der Waals surface area contributed by atoms with Crippen molar-refractivity contribution in [3.05, 3.63) is 34.7 Å². The van der Waals surface area contributed by atoms with E-state index in [2.05, 4.69) is 5.32 Å². The summed E-state index contributed by atoms with van der Waals surface area (Å²) < 4.78 is 1.23. The highest BCUT2D eigenvalue weighted by Crippen LogP contribution is 2.16. The van der Waals surface area contributed by atoms with Crippen molar-refractivity contribution in [2.24, 2.45) is 11.7 Å². The second-order valence-electron chi connectivity index (χ2n) is 5.20. The third-order valence-corrected chi connectivity index (χ3v) is 3.07. The molecule has 1 aromatic heterocycles. The molecule has 4 N–H and O–H groups in total. The topological polar surface area (TPSA) is 131 Å². The molecule has 0 saturated heterocycles. The van der Waals surface area contributed by atoms with Gasteiger partial charge in [-0.1, -0.05) is 19.9 Å². The molecular weight excluding hydrogens is 290 g/mol. The first-order valence-electron chi connectivity index (χ1n) is 6.72. The Hall–Kier alpha value is -2.64. The van der Waals surface area contributed by atoms with E-state index in [1.165, 1.54) is 16.8 Å². The van der Waals surface area contributed by atoms with Crippen molar-refractivity contribution in [1.29, 1.82) is 0 Å². The molecular formula is C14H19N3O5. The third kappa shape index (κ3) is 4.44. The smallest absolute Gasteiger partial charge is 0.326 e. The van der Waals surface area contributed by atoms with Gasteiger partial charge < -0.3 is 20.7 Å². The highest BCUT2D eigenvalue weighted by Gasteiger charge is 2.29. The van der Waals surface area contributed by atoms with Crippen LogP contribution in [0, 0.1) is 5.92 Å². The molecule has 8 nitrogen and oxygen atoms in total. The van der Waals surface area contributed by atoms with Gasteiger partial charge in [0.2, 0.25) is 11.8 Å². The summed E-state index contributed by atoms with van der Waals surface area (Å²) in [5.41, 5.74) is 4.59. The number of pyridine rings is 1. The van der Waals surface area contributed by atoms with Gasteiger partial charge in [-0.2, -0.15) is 0 Å². The van der Waals surface area contributed by atoms with Crippen molar-refractivity contribution in [1.82, 2.24) is 9.88 Å². The number of carbonyl (C=O) groups excluding carboxylic acids is 2. The predicted octanol–water partition coefficient (Wildman–Crippen LogP) is -0.510. The van der Waals surface area contributed by atoms with Crippen LogP contribution in [-0.4, -0.2) is 33.5 Å². The number of amides is 2. The molecule has 0 aliphatic carbocycles. The lowest BCUT2D eigenvalue weighted by Gasteiger charge is -2.24. The van der Waals surface area contributed by atoms with Crippen LogP contribution >= 0.6 is 0 Å². The number of rotatable bonds is 7. The van der Waals surface area contributed by atoms with E-state index in [-0.39, 0.29) is 11.5 Å². The molecule has 1 rings (SSSR count). The Morgan fingerprint density at radius 2 is 1.95 bits per heavy atom. The van der Waals surface area contributed by atoms with Gasteiger partial charge in [0.1, 0.15) is 12.1 Å². The molecule has 22 heavy (non-hydrogen) atoms. The molecule has 0 spiro atoms. The van der Waals surface area contributed by atoms with E-state index in [4.69, 9.17) is 10.8 Å². The van der Waals surface area contributed by atoms with Crippen LogP contribution < -0.4 is 16.6 Å². The van der Waals surface area contributed by atoms with Gasteiger partial charge in [-0.3, -0.25) is 14.4 Å². The van der Waals surface area contributed by atoms with Gasteiger partial charge in [-0.15, -0.1) is 0 Å². The van der Waals surface area contributed by atoms with E-state index >= 15 is 0 Å². The van der Waals surface area contributed by atoms with Crippen LogP contribution in [0.15, 0.2) is 29.2 Å². The normalized spacial score (nSPS) is 13.4. The maximum absolute atomic E-state index is 12.3. The van der Waals surface area contributed by atoms with Crippen molar-refractivity contribution >= 4 is 17.8 Å². The number of primary amides is 1. The number of nitrogens with two attached hydrogens (primary N) is 1. The van der Waals surface area contributed by atoms with Crippen LogP contribution in [0.4, 0.5) is 0 Å². The van der Waals surface area contributed by atoms with Gasteiger partial charge in [-0.05, 0) is 12.0 Å². The summed E-state index contributed by atoms with van der Waals surface area (Å²) in [4.78, 5) is 46.2. The lowest BCUT2D eigenvalue weighted by Crippen LogP contribution is -2.48. The summed E-state index contributed by atoms with van der Waals surface area (Å²) in [5, 5.41) is 11.3. The summed E-state index contributed by atoms with van der Waals surface area (Å²) in [6.45, 7) is 3.46. The summed E-state index contributed by atoms with van der Waals surface area (Å²) >= 11 is 0. The Kier molecular flexibility index (Phi) is 5.85. The second kappa shape index (κ2) is 7.39. The van der Waals surface area contributed by atoms with Crippen LogP contribution in [-0.2, 0) is 14.4 Å². The zero-order valence-corrected chi connectivity index (χ0v) is 12.4. The number of aliphatic carboxylic acids is 1. The fourth-order valence-electron chi connectivity index (χ4n) is 2.08. The van der Waals surface area contributed by atoms with Crippen molar-refractivity contribution in [2.45, 2.75) is 32.4 Å². The second-order valence-corrected chi connectivity index (χ2v) is 5.20. The van der Waals surface area contributed by atoms with Gasteiger partial charge in [0, 0.05) is 12.3 Å². The largest absolute Gasteiger partial charge is 0.480 e. The third-order valence-electron chi connectivity index (χ3n) is 3.07. The molecule has 0 aromatic carbocycles. The number of carboxylic acid groups (broad SMARTS) is 1. The zero-order valence-electron chi connectivity index (χ0n) is 12.4. The minimum atomic E-state index is -1.43. The Morgan fingerprint density at radius 1 is 1.32 bits per heavy atom. The van der Waals surface area contributed by atoms with Crippen LogP contribution in [0.3, 0.4) is 0 Å². The molecule has 2 amide bonds. The summed E-state index contributed by atoms with van der Waals surface area (Å²) in [6.07, 6.45) is 0.937. The standard InChI is InChI=1S/C14H19N3O5/c1-8(2)12(17-6-4-3-5-11(17)19)13(20)16-9(14(21)22)7-10(15)18/h3-6,8-9,12H,7H2,1-2H3,(H2,15,18)(H,16,20)(H,21,22). The number of nitrogens with zero attached hydrogens (tertiary/aromatic N) is 1. The molecule has 120 valence electrons. The highest BCUT2D eigenvalue weighted by molar-refractivity contribution is 5.89. The number of hydrogen-bond acceptors (Lipinski definition) is 4. The summed E-state index contributed by atoms with van der Waals surface area (Å²) in [6, 6.07) is 2.14. The average molecular weight is 309 g/mol. The Morgan fingerprint density at radius 3 is 2.41 bits per heavy atom. The van der Waals surface area contributed by atoms with E-state index < -0.39 is 36.3 Å². The number of hydrogen-bond donors (Lipinski definition) is 3. The van der Waals surface area contributed by atoms with E-state index in [0.29, 0.717) is 0 Å². The van der Waals surface area contributed by atoms with Crippen LogP contribution in [0.25, 0.3) is 0 Å². The minimum absolute atomic E-state index is 0.261. The van der Waals surface area contributed by atoms with Gasteiger partial charge in [0.15, 0.2) is 0 Å². The van der Waals surface area contributed by atoms with E-state index in [1.807, 2.05) is 0 Å². The highest BCUT2D eigenvalue weighted by atomic mass is 16.4. The van der Waals surface area contributed by atoms with Crippen LogP contribution in [0.2, 0.25) is 0 Å². The van der Waals surface area contributed by atoms with Crippen molar-refractivity contribution < 1.29 is 19.5 Å². The maximum Gasteiger partial charge on any atom is 0.326 e. The summed E-state index contributed by atoms with van der Waals surface area (Å²) in [7, 11) is 0. The van der Waals surface area contributed by atoms with Crippen molar-refractivity contribution in [3.8, 4) is 0 Å². The lowest BCUT2D eigenvalue weighted by atomic mass is 10.0.